The van der Waals surface area contributed by atoms with E-state index in [1.807, 2.05) is 20.8 Å². The average molecular weight is 170 g/mol. The highest BCUT2D eigenvalue weighted by Gasteiger charge is 2.40. The minimum Gasteiger partial charge on any atom is -0.373 e. The fourth-order valence-electron chi connectivity index (χ4n) is 1.34. The summed E-state index contributed by atoms with van der Waals surface area (Å²) in [6.07, 6.45) is 2.16. The Hall–Kier alpha value is -0.370. The predicted octanol–water partition coefficient (Wildman–Crippen LogP) is 2.03. The summed E-state index contributed by atoms with van der Waals surface area (Å²) in [5.41, 5.74) is -0.261. The summed E-state index contributed by atoms with van der Waals surface area (Å²) in [4.78, 5) is 11.8. The first-order valence-electron chi connectivity index (χ1n) is 4.54. The Balaban J connectivity index is 2.59. The van der Waals surface area contributed by atoms with E-state index in [1.54, 1.807) is 7.11 Å². The molecular formula is C10H18O2. The van der Waals surface area contributed by atoms with Gasteiger partial charge in [-0.15, -0.1) is 0 Å². The third-order valence-corrected chi connectivity index (χ3v) is 2.30. The SMILES string of the molecule is COC(C(=O)C(C)(C)C)C1CC1. The highest BCUT2D eigenvalue weighted by Crippen LogP contribution is 2.37. The Morgan fingerprint density at radius 2 is 1.92 bits per heavy atom. The topological polar surface area (TPSA) is 26.3 Å². The van der Waals surface area contributed by atoms with E-state index in [2.05, 4.69) is 0 Å². The maximum Gasteiger partial charge on any atom is 0.167 e. The van der Waals surface area contributed by atoms with Gasteiger partial charge >= 0.3 is 0 Å². The summed E-state index contributed by atoms with van der Waals surface area (Å²) < 4.78 is 5.21. The van der Waals surface area contributed by atoms with E-state index in [0.29, 0.717) is 5.92 Å². The largest absolute Gasteiger partial charge is 0.373 e. The number of hydrogen-bond acceptors (Lipinski definition) is 2. The molecule has 1 atom stereocenters. The Morgan fingerprint density at radius 1 is 1.42 bits per heavy atom. The molecule has 1 aliphatic carbocycles. The predicted molar refractivity (Wildman–Crippen MR) is 48.0 cm³/mol. The van der Waals surface area contributed by atoms with Crippen molar-refractivity contribution in [1.82, 2.24) is 0 Å². The van der Waals surface area contributed by atoms with Crippen LogP contribution < -0.4 is 0 Å². The molecule has 1 rings (SSSR count). The highest BCUT2D eigenvalue weighted by molar-refractivity contribution is 5.88. The maximum absolute atomic E-state index is 11.8. The van der Waals surface area contributed by atoms with Crippen molar-refractivity contribution in [3.8, 4) is 0 Å². The molecule has 1 unspecified atom stereocenters. The zero-order chi connectivity index (χ0) is 9.35. The molecule has 1 fully saturated rings. The monoisotopic (exact) mass is 170 g/mol. The fourth-order valence-corrected chi connectivity index (χ4v) is 1.34. The lowest BCUT2D eigenvalue weighted by molar-refractivity contribution is -0.137. The van der Waals surface area contributed by atoms with E-state index in [9.17, 15) is 4.79 Å². The lowest BCUT2D eigenvalue weighted by Gasteiger charge is -2.23. The highest BCUT2D eigenvalue weighted by atomic mass is 16.5. The van der Waals surface area contributed by atoms with Gasteiger partial charge in [-0.1, -0.05) is 20.8 Å². The molecular weight excluding hydrogens is 152 g/mol. The Bertz CT molecular complexity index is 175. The van der Waals surface area contributed by atoms with Crippen LogP contribution in [0.25, 0.3) is 0 Å². The van der Waals surface area contributed by atoms with Gasteiger partial charge in [-0.2, -0.15) is 0 Å². The van der Waals surface area contributed by atoms with Gasteiger partial charge in [0.15, 0.2) is 5.78 Å². The fraction of sp³-hybridized carbons (Fsp3) is 0.900. The zero-order valence-electron chi connectivity index (χ0n) is 8.39. The number of hydrogen-bond donors (Lipinski definition) is 0. The molecule has 1 saturated carbocycles. The first-order valence-corrected chi connectivity index (χ1v) is 4.54. The molecule has 0 aromatic rings. The molecule has 2 nitrogen and oxygen atoms in total. The molecule has 0 bridgehead atoms. The van der Waals surface area contributed by atoms with Crippen LogP contribution in [0.1, 0.15) is 33.6 Å². The summed E-state index contributed by atoms with van der Waals surface area (Å²) >= 11 is 0. The summed E-state index contributed by atoms with van der Waals surface area (Å²) in [5.74, 6) is 0.745. The van der Waals surface area contributed by atoms with Crippen LogP contribution >= 0.6 is 0 Å². The Kier molecular flexibility index (Phi) is 2.57. The number of rotatable bonds is 3. The lowest BCUT2D eigenvalue weighted by Crippen LogP contribution is -2.35. The number of ether oxygens (including phenoxy) is 1. The van der Waals surface area contributed by atoms with Crippen LogP contribution in [-0.2, 0) is 9.53 Å². The summed E-state index contributed by atoms with van der Waals surface area (Å²) in [5, 5.41) is 0. The first kappa shape index (κ1) is 9.72. The number of methoxy groups -OCH3 is 1. The molecule has 0 heterocycles. The number of Topliss-reactive ketones (excluding diaryl/α,β-unsaturated/α-hetero) is 1. The molecule has 1 aliphatic rings. The second kappa shape index (κ2) is 3.17. The standard InChI is InChI=1S/C10H18O2/c1-10(2,3)9(11)8(12-4)7-5-6-7/h7-8H,5-6H2,1-4H3. The van der Waals surface area contributed by atoms with Gasteiger partial charge < -0.3 is 4.74 Å². The van der Waals surface area contributed by atoms with Crippen LogP contribution in [0.5, 0.6) is 0 Å². The third kappa shape index (κ3) is 2.07. The second-order valence-corrected chi connectivity index (χ2v) is 4.61. The van der Waals surface area contributed by atoms with Crippen molar-refractivity contribution in [2.75, 3.05) is 7.11 Å². The molecule has 0 aromatic heterocycles. The van der Waals surface area contributed by atoms with Crippen molar-refractivity contribution in [1.29, 1.82) is 0 Å². The summed E-state index contributed by atoms with van der Waals surface area (Å²) in [6.45, 7) is 5.84. The molecule has 0 aliphatic heterocycles. The van der Waals surface area contributed by atoms with Gasteiger partial charge in [0.25, 0.3) is 0 Å². The van der Waals surface area contributed by atoms with E-state index in [-0.39, 0.29) is 17.3 Å². The minimum atomic E-state index is -0.261. The van der Waals surface area contributed by atoms with Crippen LogP contribution in [-0.4, -0.2) is 19.0 Å². The van der Waals surface area contributed by atoms with Gasteiger partial charge in [0, 0.05) is 12.5 Å². The second-order valence-electron chi connectivity index (χ2n) is 4.61. The lowest BCUT2D eigenvalue weighted by atomic mass is 9.86. The third-order valence-electron chi connectivity index (χ3n) is 2.30. The molecule has 70 valence electrons. The van der Waals surface area contributed by atoms with Crippen molar-refractivity contribution in [2.24, 2.45) is 11.3 Å². The van der Waals surface area contributed by atoms with E-state index in [0.717, 1.165) is 12.8 Å². The Labute approximate surface area is 74.3 Å². The molecule has 0 radical (unpaired) electrons. The van der Waals surface area contributed by atoms with Gasteiger partial charge in [0.05, 0.1) is 0 Å². The average Bonchev–Trinajstić information content (AvgIpc) is 2.70. The van der Waals surface area contributed by atoms with E-state index in [1.165, 1.54) is 0 Å². The molecule has 0 N–H and O–H groups in total. The van der Waals surface area contributed by atoms with E-state index < -0.39 is 0 Å². The zero-order valence-corrected chi connectivity index (χ0v) is 8.39. The molecule has 2 heteroatoms. The van der Waals surface area contributed by atoms with Crippen molar-refractivity contribution in [3.63, 3.8) is 0 Å². The van der Waals surface area contributed by atoms with Crippen LogP contribution in [0, 0.1) is 11.3 Å². The quantitative estimate of drug-likeness (QED) is 0.647. The number of carbonyl (C=O) groups is 1. The summed E-state index contributed by atoms with van der Waals surface area (Å²) in [6, 6.07) is 0. The van der Waals surface area contributed by atoms with E-state index in [4.69, 9.17) is 4.74 Å². The number of ketones is 1. The normalized spacial score (nSPS) is 20.7. The van der Waals surface area contributed by atoms with Crippen molar-refractivity contribution in [3.05, 3.63) is 0 Å². The van der Waals surface area contributed by atoms with Crippen molar-refractivity contribution >= 4 is 5.78 Å². The maximum atomic E-state index is 11.8. The van der Waals surface area contributed by atoms with Gasteiger partial charge in [-0.25, -0.2) is 0 Å². The smallest absolute Gasteiger partial charge is 0.167 e. The first-order chi connectivity index (χ1) is 5.46. The van der Waals surface area contributed by atoms with Crippen LogP contribution in [0.15, 0.2) is 0 Å². The molecule has 0 amide bonds. The molecule has 12 heavy (non-hydrogen) atoms. The minimum absolute atomic E-state index is 0.148. The molecule has 0 saturated heterocycles. The Morgan fingerprint density at radius 3 is 2.17 bits per heavy atom. The van der Waals surface area contributed by atoms with Gasteiger partial charge in [-0.3, -0.25) is 4.79 Å². The van der Waals surface area contributed by atoms with Crippen LogP contribution in [0.4, 0.5) is 0 Å². The van der Waals surface area contributed by atoms with Gasteiger partial charge in [-0.05, 0) is 18.8 Å². The number of carbonyl (C=O) groups excluding carboxylic acids is 1. The molecule has 0 spiro atoms. The van der Waals surface area contributed by atoms with Gasteiger partial charge in [0.1, 0.15) is 6.10 Å². The van der Waals surface area contributed by atoms with Gasteiger partial charge in [0.2, 0.25) is 0 Å². The van der Waals surface area contributed by atoms with Crippen molar-refractivity contribution in [2.45, 2.75) is 39.7 Å². The van der Waals surface area contributed by atoms with Crippen LogP contribution in [0.3, 0.4) is 0 Å². The van der Waals surface area contributed by atoms with Crippen LogP contribution in [0.2, 0.25) is 0 Å². The summed E-state index contributed by atoms with van der Waals surface area (Å²) in [7, 11) is 1.63. The molecule has 0 aromatic carbocycles. The van der Waals surface area contributed by atoms with E-state index >= 15 is 0 Å². The van der Waals surface area contributed by atoms with Crippen molar-refractivity contribution < 1.29 is 9.53 Å².